The molecular formula is C15H15N5OS. The van der Waals surface area contributed by atoms with Crippen LogP contribution in [0.1, 0.15) is 5.56 Å². The number of nitrogens with one attached hydrogen (secondary N) is 2. The van der Waals surface area contributed by atoms with Gasteiger partial charge in [0, 0.05) is 31.5 Å². The second-order valence-corrected chi connectivity index (χ2v) is 5.68. The van der Waals surface area contributed by atoms with Crippen LogP contribution in [0.25, 0.3) is 11.3 Å². The Morgan fingerprint density at radius 2 is 2.32 bits per heavy atom. The van der Waals surface area contributed by atoms with Crippen molar-refractivity contribution < 1.29 is 4.79 Å². The maximum absolute atomic E-state index is 11.8. The molecule has 3 heterocycles. The van der Waals surface area contributed by atoms with Gasteiger partial charge in [-0.05, 0) is 35.2 Å². The first-order chi connectivity index (χ1) is 10.7. The third-order valence-corrected chi connectivity index (χ3v) is 3.82. The fraction of sp³-hybridized carbons (Fsp3) is 0.133. The van der Waals surface area contributed by atoms with Crippen molar-refractivity contribution in [2.24, 2.45) is 7.05 Å². The van der Waals surface area contributed by atoms with Crippen molar-refractivity contribution in [3.8, 4) is 11.3 Å². The summed E-state index contributed by atoms with van der Waals surface area (Å²) in [5.74, 6) is 0. The molecule has 0 aliphatic rings. The van der Waals surface area contributed by atoms with Gasteiger partial charge in [0.2, 0.25) is 0 Å². The van der Waals surface area contributed by atoms with Crippen LogP contribution in [-0.4, -0.2) is 20.8 Å². The van der Waals surface area contributed by atoms with E-state index in [0.717, 1.165) is 21.8 Å². The lowest BCUT2D eigenvalue weighted by molar-refractivity contribution is 0.252. The van der Waals surface area contributed by atoms with Crippen LogP contribution < -0.4 is 10.6 Å². The van der Waals surface area contributed by atoms with Gasteiger partial charge in [-0.1, -0.05) is 0 Å². The molecule has 0 spiro atoms. The van der Waals surface area contributed by atoms with Crippen LogP contribution in [0.5, 0.6) is 0 Å². The van der Waals surface area contributed by atoms with E-state index in [1.165, 1.54) is 11.3 Å². The minimum atomic E-state index is -0.220. The largest absolute Gasteiger partial charge is 0.334 e. The molecule has 2 amide bonds. The molecule has 0 atom stereocenters. The highest BCUT2D eigenvalue weighted by molar-refractivity contribution is 7.14. The lowest BCUT2D eigenvalue weighted by Crippen LogP contribution is -2.27. The van der Waals surface area contributed by atoms with Crippen molar-refractivity contribution in [1.29, 1.82) is 0 Å². The summed E-state index contributed by atoms with van der Waals surface area (Å²) >= 11 is 1.48. The van der Waals surface area contributed by atoms with Gasteiger partial charge in [0.1, 0.15) is 0 Å². The number of carbonyl (C=O) groups excluding carboxylic acids is 1. The number of nitrogens with zero attached hydrogens (tertiary/aromatic N) is 3. The smallest absolute Gasteiger partial charge is 0.320 e. The summed E-state index contributed by atoms with van der Waals surface area (Å²) in [5.41, 5.74) is 2.77. The standard InChI is InChI=1S/C15H15N5OS/c1-20-10-12(9-18-20)13-7-11(4-5-16-13)8-17-15(21)19-14-3-2-6-22-14/h2-7,9-10H,8H2,1H3,(H2,17,19,21). The van der Waals surface area contributed by atoms with E-state index in [1.807, 2.05) is 42.9 Å². The molecule has 0 fully saturated rings. The number of thiophene rings is 1. The van der Waals surface area contributed by atoms with E-state index in [2.05, 4.69) is 20.7 Å². The van der Waals surface area contributed by atoms with E-state index in [9.17, 15) is 4.79 Å². The topological polar surface area (TPSA) is 71.8 Å². The molecule has 0 aliphatic heterocycles. The average Bonchev–Trinajstić information content (AvgIpc) is 3.17. The zero-order chi connectivity index (χ0) is 15.4. The summed E-state index contributed by atoms with van der Waals surface area (Å²) in [6.07, 6.45) is 5.41. The molecule has 0 radical (unpaired) electrons. The Bertz CT molecular complexity index is 766. The number of amides is 2. The SMILES string of the molecule is Cn1cc(-c2cc(CNC(=O)Nc3cccs3)ccn2)cn1. The number of rotatable bonds is 4. The Labute approximate surface area is 131 Å². The van der Waals surface area contributed by atoms with Crippen molar-refractivity contribution >= 4 is 22.4 Å². The average molecular weight is 313 g/mol. The van der Waals surface area contributed by atoms with Crippen molar-refractivity contribution in [3.63, 3.8) is 0 Å². The summed E-state index contributed by atoms with van der Waals surface area (Å²) in [5, 5.41) is 12.5. The lowest BCUT2D eigenvalue weighted by atomic mass is 10.1. The predicted octanol–water partition coefficient (Wildman–Crippen LogP) is 2.87. The van der Waals surface area contributed by atoms with Gasteiger partial charge in [0.15, 0.2) is 0 Å². The monoisotopic (exact) mass is 313 g/mol. The van der Waals surface area contributed by atoms with Gasteiger partial charge in [0.25, 0.3) is 0 Å². The van der Waals surface area contributed by atoms with E-state index >= 15 is 0 Å². The first kappa shape index (κ1) is 14.3. The first-order valence-corrected chi connectivity index (χ1v) is 7.61. The zero-order valence-corrected chi connectivity index (χ0v) is 12.8. The quantitative estimate of drug-likeness (QED) is 0.778. The zero-order valence-electron chi connectivity index (χ0n) is 12.0. The molecule has 2 N–H and O–H groups in total. The first-order valence-electron chi connectivity index (χ1n) is 6.73. The fourth-order valence-corrected chi connectivity index (χ4v) is 2.60. The number of hydrogen-bond acceptors (Lipinski definition) is 4. The highest BCUT2D eigenvalue weighted by atomic mass is 32.1. The van der Waals surface area contributed by atoms with Crippen LogP contribution in [0.15, 0.2) is 48.2 Å². The molecule has 3 aromatic rings. The molecule has 0 saturated carbocycles. The third-order valence-electron chi connectivity index (χ3n) is 3.04. The maximum Gasteiger partial charge on any atom is 0.320 e. The molecule has 0 aromatic carbocycles. The normalized spacial score (nSPS) is 10.4. The number of aryl methyl sites for hydroxylation is 1. The number of urea groups is 1. The second-order valence-electron chi connectivity index (χ2n) is 4.74. The van der Waals surface area contributed by atoms with Gasteiger partial charge in [-0.2, -0.15) is 5.10 Å². The molecule has 112 valence electrons. The van der Waals surface area contributed by atoms with E-state index in [-0.39, 0.29) is 6.03 Å². The molecule has 0 aliphatic carbocycles. The number of anilines is 1. The highest BCUT2D eigenvalue weighted by Gasteiger charge is 2.05. The molecule has 0 unspecified atom stereocenters. The van der Waals surface area contributed by atoms with Gasteiger partial charge in [-0.15, -0.1) is 11.3 Å². The Balaban J connectivity index is 1.62. The number of aromatic nitrogens is 3. The molecule has 0 saturated heterocycles. The van der Waals surface area contributed by atoms with Crippen molar-refractivity contribution in [1.82, 2.24) is 20.1 Å². The Morgan fingerprint density at radius 1 is 1.41 bits per heavy atom. The summed E-state index contributed by atoms with van der Waals surface area (Å²) in [7, 11) is 1.86. The molecule has 6 nitrogen and oxygen atoms in total. The lowest BCUT2D eigenvalue weighted by Gasteiger charge is -2.07. The minimum absolute atomic E-state index is 0.220. The predicted molar refractivity (Wildman–Crippen MR) is 86.6 cm³/mol. The van der Waals surface area contributed by atoms with Crippen molar-refractivity contribution in [2.45, 2.75) is 6.54 Å². The van der Waals surface area contributed by atoms with Gasteiger partial charge in [-0.25, -0.2) is 4.79 Å². The third kappa shape index (κ3) is 3.50. The van der Waals surface area contributed by atoms with Crippen LogP contribution in [-0.2, 0) is 13.6 Å². The van der Waals surface area contributed by atoms with E-state index in [4.69, 9.17) is 0 Å². The van der Waals surface area contributed by atoms with Gasteiger partial charge < -0.3 is 5.32 Å². The Kier molecular flexibility index (Phi) is 4.15. The van der Waals surface area contributed by atoms with Crippen molar-refractivity contribution in [2.75, 3.05) is 5.32 Å². The summed E-state index contributed by atoms with van der Waals surface area (Å²) in [4.78, 5) is 16.1. The van der Waals surface area contributed by atoms with Gasteiger partial charge in [0.05, 0.1) is 16.9 Å². The molecule has 3 rings (SSSR count). The molecule has 22 heavy (non-hydrogen) atoms. The number of pyridine rings is 1. The minimum Gasteiger partial charge on any atom is -0.334 e. The van der Waals surface area contributed by atoms with E-state index in [0.29, 0.717) is 6.54 Å². The highest BCUT2D eigenvalue weighted by Crippen LogP contribution is 2.17. The number of carbonyl (C=O) groups is 1. The summed E-state index contributed by atoms with van der Waals surface area (Å²) in [6, 6.07) is 7.36. The fourth-order valence-electron chi connectivity index (χ4n) is 1.98. The van der Waals surface area contributed by atoms with E-state index in [1.54, 1.807) is 17.1 Å². The van der Waals surface area contributed by atoms with Gasteiger partial charge >= 0.3 is 6.03 Å². The molecule has 7 heteroatoms. The molecule has 0 bridgehead atoms. The molecule has 3 aromatic heterocycles. The molecular weight excluding hydrogens is 298 g/mol. The number of hydrogen-bond donors (Lipinski definition) is 2. The van der Waals surface area contributed by atoms with Crippen LogP contribution in [0.2, 0.25) is 0 Å². The van der Waals surface area contributed by atoms with Crippen LogP contribution in [0.4, 0.5) is 9.80 Å². The summed E-state index contributed by atoms with van der Waals surface area (Å²) < 4.78 is 1.73. The van der Waals surface area contributed by atoms with E-state index < -0.39 is 0 Å². The van der Waals surface area contributed by atoms with Crippen LogP contribution >= 0.6 is 11.3 Å². The van der Waals surface area contributed by atoms with Crippen LogP contribution in [0.3, 0.4) is 0 Å². The second kappa shape index (κ2) is 6.40. The Hall–Kier alpha value is -2.67. The van der Waals surface area contributed by atoms with Crippen molar-refractivity contribution in [3.05, 3.63) is 53.8 Å². The maximum atomic E-state index is 11.8. The van der Waals surface area contributed by atoms with Gasteiger partial charge in [-0.3, -0.25) is 15.0 Å². The summed E-state index contributed by atoms with van der Waals surface area (Å²) in [6.45, 7) is 0.437. The van der Waals surface area contributed by atoms with Crippen LogP contribution in [0, 0.1) is 0 Å². The Morgan fingerprint density at radius 3 is 3.05 bits per heavy atom.